The van der Waals surface area contributed by atoms with Crippen LogP contribution in [-0.2, 0) is 0 Å². The van der Waals surface area contributed by atoms with Crippen molar-refractivity contribution in [2.45, 2.75) is 18.9 Å². The highest BCUT2D eigenvalue weighted by Gasteiger charge is 2.22. The highest BCUT2D eigenvalue weighted by atomic mass is 35.5. The molecule has 1 aromatic heterocycles. The first-order valence-electron chi connectivity index (χ1n) is 6.94. The molecule has 0 unspecified atom stereocenters. The van der Waals surface area contributed by atoms with Gasteiger partial charge in [-0.2, -0.15) is 0 Å². The van der Waals surface area contributed by atoms with Crippen LogP contribution in [0.2, 0.25) is 5.02 Å². The zero-order chi connectivity index (χ0) is 14.7. The minimum absolute atomic E-state index is 0.0895. The average Bonchev–Trinajstić information content (AvgIpc) is 3.02. The van der Waals surface area contributed by atoms with Crippen LogP contribution in [0.15, 0.2) is 35.8 Å². The molecule has 110 valence electrons. The summed E-state index contributed by atoms with van der Waals surface area (Å²) in [5.41, 5.74) is 0.543. The third-order valence-corrected chi connectivity index (χ3v) is 4.80. The average molecular weight is 322 g/mol. The maximum atomic E-state index is 12.2. The molecule has 1 aliphatic rings. The molecule has 2 aromatic rings. The number of aromatic nitrogens is 1. The molecular weight excluding hydrogens is 306 g/mol. The number of anilines is 1. The fourth-order valence-electron chi connectivity index (χ4n) is 2.50. The second-order valence-electron chi connectivity index (χ2n) is 5.03. The number of halogens is 1. The Balaban J connectivity index is 1.56. The van der Waals surface area contributed by atoms with E-state index in [9.17, 15) is 4.79 Å². The van der Waals surface area contributed by atoms with Gasteiger partial charge in [-0.05, 0) is 25.0 Å². The Kier molecular flexibility index (Phi) is 4.41. The van der Waals surface area contributed by atoms with Crippen LogP contribution in [0.4, 0.5) is 5.13 Å². The summed E-state index contributed by atoms with van der Waals surface area (Å²) in [6.07, 6.45) is 3.68. The Morgan fingerprint density at radius 3 is 2.76 bits per heavy atom. The van der Waals surface area contributed by atoms with Crippen molar-refractivity contribution in [3.8, 4) is 0 Å². The van der Waals surface area contributed by atoms with Crippen molar-refractivity contribution in [3.63, 3.8) is 0 Å². The molecule has 1 fully saturated rings. The normalized spacial score (nSPS) is 16.0. The van der Waals surface area contributed by atoms with E-state index in [4.69, 9.17) is 11.6 Å². The molecule has 4 nitrogen and oxygen atoms in total. The van der Waals surface area contributed by atoms with Gasteiger partial charge in [0.1, 0.15) is 0 Å². The molecule has 1 N–H and O–H groups in total. The standard InChI is InChI=1S/C15H16ClN3OS/c16-13-4-2-1-3-12(13)14(20)18-11-5-8-19(9-6-11)15-17-7-10-21-15/h1-4,7,10-11H,5-6,8-9H2,(H,18,20). The topological polar surface area (TPSA) is 45.2 Å². The van der Waals surface area contributed by atoms with Gasteiger partial charge in [-0.3, -0.25) is 4.79 Å². The zero-order valence-electron chi connectivity index (χ0n) is 11.5. The lowest BCUT2D eigenvalue weighted by atomic mass is 10.0. The third-order valence-electron chi connectivity index (χ3n) is 3.64. The monoisotopic (exact) mass is 321 g/mol. The minimum atomic E-state index is -0.0895. The van der Waals surface area contributed by atoms with Crippen molar-refractivity contribution in [1.29, 1.82) is 0 Å². The Bertz CT molecular complexity index is 609. The summed E-state index contributed by atoms with van der Waals surface area (Å²) >= 11 is 7.70. The van der Waals surface area contributed by atoms with E-state index in [2.05, 4.69) is 15.2 Å². The molecule has 0 radical (unpaired) electrons. The summed E-state index contributed by atoms with van der Waals surface area (Å²) < 4.78 is 0. The Morgan fingerprint density at radius 1 is 1.33 bits per heavy atom. The lowest BCUT2D eigenvalue weighted by molar-refractivity contribution is 0.0931. The Hall–Kier alpha value is -1.59. The first-order chi connectivity index (χ1) is 10.2. The number of hydrogen-bond donors (Lipinski definition) is 1. The quantitative estimate of drug-likeness (QED) is 0.944. The third kappa shape index (κ3) is 3.36. The van der Waals surface area contributed by atoms with E-state index < -0.39 is 0 Å². The molecule has 2 heterocycles. The van der Waals surface area contributed by atoms with Crippen molar-refractivity contribution in [2.24, 2.45) is 0 Å². The molecule has 1 aromatic carbocycles. The van der Waals surface area contributed by atoms with Crippen molar-refractivity contribution < 1.29 is 4.79 Å². The van der Waals surface area contributed by atoms with Gasteiger partial charge < -0.3 is 10.2 Å². The lowest BCUT2D eigenvalue weighted by Gasteiger charge is -2.32. The van der Waals surface area contributed by atoms with Gasteiger partial charge in [-0.15, -0.1) is 11.3 Å². The van der Waals surface area contributed by atoms with Crippen LogP contribution in [0.5, 0.6) is 0 Å². The molecule has 3 rings (SSSR count). The van der Waals surface area contributed by atoms with Crippen LogP contribution in [0.3, 0.4) is 0 Å². The van der Waals surface area contributed by atoms with Gasteiger partial charge >= 0.3 is 0 Å². The molecule has 6 heteroatoms. The molecule has 0 atom stereocenters. The van der Waals surface area contributed by atoms with Crippen LogP contribution in [0, 0.1) is 0 Å². The van der Waals surface area contributed by atoms with Gasteiger partial charge in [-0.1, -0.05) is 23.7 Å². The molecular formula is C15H16ClN3OS. The number of rotatable bonds is 3. The van der Waals surface area contributed by atoms with E-state index in [1.54, 1.807) is 23.5 Å². The van der Waals surface area contributed by atoms with E-state index in [1.165, 1.54) is 0 Å². The Morgan fingerprint density at radius 2 is 2.10 bits per heavy atom. The summed E-state index contributed by atoms with van der Waals surface area (Å²) in [6.45, 7) is 1.84. The van der Waals surface area contributed by atoms with Gasteiger partial charge in [0, 0.05) is 30.7 Å². The fraction of sp³-hybridized carbons (Fsp3) is 0.333. The summed E-state index contributed by atoms with van der Waals surface area (Å²) in [5.74, 6) is -0.0895. The van der Waals surface area contributed by atoms with E-state index in [0.29, 0.717) is 10.6 Å². The van der Waals surface area contributed by atoms with Crippen LogP contribution < -0.4 is 10.2 Å². The lowest BCUT2D eigenvalue weighted by Crippen LogP contribution is -2.44. The first kappa shape index (κ1) is 14.4. The molecule has 0 aliphatic carbocycles. The van der Waals surface area contributed by atoms with Crippen molar-refractivity contribution >= 4 is 34.0 Å². The number of nitrogens with one attached hydrogen (secondary N) is 1. The largest absolute Gasteiger partial charge is 0.349 e. The van der Waals surface area contributed by atoms with Crippen LogP contribution in [0.25, 0.3) is 0 Å². The number of carbonyl (C=O) groups excluding carboxylic acids is 1. The number of carbonyl (C=O) groups is 1. The number of benzene rings is 1. The van der Waals surface area contributed by atoms with E-state index >= 15 is 0 Å². The highest BCUT2D eigenvalue weighted by molar-refractivity contribution is 7.13. The van der Waals surface area contributed by atoms with E-state index in [0.717, 1.165) is 31.1 Å². The number of amides is 1. The molecule has 1 aliphatic heterocycles. The van der Waals surface area contributed by atoms with Crippen molar-refractivity contribution in [1.82, 2.24) is 10.3 Å². The summed E-state index contributed by atoms with van der Waals surface area (Å²) in [5, 5.41) is 6.62. The van der Waals surface area contributed by atoms with Gasteiger partial charge in [0.05, 0.1) is 10.6 Å². The predicted octanol–water partition coefficient (Wildman–Crippen LogP) is 3.20. The number of nitrogens with zero attached hydrogens (tertiary/aromatic N) is 2. The summed E-state index contributed by atoms with van der Waals surface area (Å²) in [7, 11) is 0. The van der Waals surface area contributed by atoms with Crippen molar-refractivity contribution in [3.05, 3.63) is 46.4 Å². The van der Waals surface area contributed by atoms with Gasteiger partial charge in [0.2, 0.25) is 0 Å². The molecule has 1 amide bonds. The van der Waals surface area contributed by atoms with Crippen LogP contribution >= 0.6 is 22.9 Å². The number of thiazole rings is 1. The molecule has 0 spiro atoms. The van der Waals surface area contributed by atoms with Crippen LogP contribution in [-0.4, -0.2) is 30.0 Å². The SMILES string of the molecule is O=C(NC1CCN(c2nccs2)CC1)c1ccccc1Cl. The maximum Gasteiger partial charge on any atom is 0.253 e. The van der Waals surface area contributed by atoms with Crippen molar-refractivity contribution in [2.75, 3.05) is 18.0 Å². The summed E-state index contributed by atoms with van der Waals surface area (Å²) in [4.78, 5) is 18.8. The van der Waals surface area contributed by atoms with Gasteiger partial charge in [0.25, 0.3) is 5.91 Å². The number of piperidine rings is 1. The smallest absolute Gasteiger partial charge is 0.253 e. The molecule has 21 heavy (non-hydrogen) atoms. The van der Waals surface area contributed by atoms with Crippen LogP contribution in [0.1, 0.15) is 23.2 Å². The molecule has 0 saturated carbocycles. The fourth-order valence-corrected chi connectivity index (χ4v) is 3.41. The van der Waals surface area contributed by atoms with Gasteiger partial charge in [0.15, 0.2) is 5.13 Å². The first-order valence-corrected chi connectivity index (χ1v) is 8.19. The van der Waals surface area contributed by atoms with E-state index in [1.807, 2.05) is 23.7 Å². The highest BCUT2D eigenvalue weighted by Crippen LogP contribution is 2.22. The Labute approximate surface area is 132 Å². The molecule has 1 saturated heterocycles. The zero-order valence-corrected chi connectivity index (χ0v) is 13.0. The molecule has 0 bridgehead atoms. The number of hydrogen-bond acceptors (Lipinski definition) is 4. The second kappa shape index (κ2) is 6.45. The maximum absolute atomic E-state index is 12.2. The second-order valence-corrected chi connectivity index (χ2v) is 6.31. The van der Waals surface area contributed by atoms with E-state index in [-0.39, 0.29) is 11.9 Å². The predicted molar refractivity (Wildman–Crippen MR) is 86.3 cm³/mol. The minimum Gasteiger partial charge on any atom is -0.349 e. The van der Waals surface area contributed by atoms with Gasteiger partial charge in [-0.25, -0.2) is 4.98 Å². The summed E-state index contributed by atoms with van der Waals surface area (Å²) in [6, 6.07) is 7.34.